The van der Waals surface area contributed by atoms with E-state index >= 15 is 0 Å². The van der Waals surface area contributed by atoms with Gasteiger partial charge in [0, 0.05) is 19.3 Å². The van der Waals surface area contributed by atoms with Crippen molar-refractivity contribution in [3.8, 4) is 0 Å². The summed E-state index contributed by atoms with van der Waals surface area (Å²) in [5.74, 6) is 0.0504. The lowest BCUT2D eigenvalue weighted by molar-refractivity contribution is -0.131. The molecule has 1 amide bonds. The van der Waals surface area contributed by atoms with Crippen LogP contribution in [0.3, 0.4) is 0 Å². The molecule has 4 nitrogen and oxygen atoms in total. The van der Waals surface area contributed by atoms with Gasteiger partial charge in [0.1, 0.15) is 0 Å². The molecule has 2 N–H and O–H groups in total. The molecule has 0 saturated carbocycles. The van der Waals surface area contributed by atoms with E-state index in [1.165, 1.54) is 12.8 Å². The molecule has 3 rings (SSSR count). The Hall–Kier alpha value is -1.75. The highest BCUT2D eigenvalue weighted by Crippen LogP contribution is 2.26. The highest BCUT2D eigenvalue weighted by molar-refractivity contribution is 6.42. The average Bonchev–Trinajstić information content (AvgIpc) is 3.16. The summed E-state index contributed by atoms with van der Waals surface area (Å²) in [6.45, 7) is 2.99. The fourth-order valence-electron chi connectivity index (χ4n) is 3.50. The van der Waals surface area contributed by atoms with Gasteiger partial charge in [-0.25, -0.2) is 0 Å². The van der Waals surface area contributed by atoms with Crippen LogP contribution in [0, 0.1) is 0 Å². The van der Waals surface area contributed by atoms with Crippen LogP contribution < -0.4 is 5.73 Å². The topological polar surface area (TPSA) is 49.6 Å². The number of hydrogen-bond donors (Lipinski definition) is 1. The number of hydrogen-bond acceptors (Lipinski definition) is 3. The molecule has 0 spiro atoms. The predicted octanol–water partition coefficient (Wildman–Crippen LogP) is 4.41. The summed E-state index contributed by atoms with van der Waals surface area (Å²) in [5.41, 5.74) is 8.52. The van der Waals surface area contributed by atoms with Gasteiger partial charge >= 0.3 is 0 Å². The largest absolute Gasteiger partial charge is 0.399 e. The number of carbonyl (C=O) groups excluding carboxylic acids is 1. The van der Waals surface area contributed by atoms with Crippen LogP contribution in [0.4, 0.5) is 5.69 Å². The molecular weight excluding hydrogens is 381 g/mol. The van der Waals surface area contributed by atoms with E-state index in [2.05, 4.69) is 4.90 Å². The van der Waals surface area contributed by atoms with E-state index in [-0.39, 0.29) is 11.9 Å². The van der Waals surface area contributed by atoms with E-state index in [1.54, 1.807) is 12.1 Å². The van der Waals surface area contributed by atoms with Crippen LogP contribution in [0.25, 0.3) is 0 Å². The van der Waals surface area contributed by atoms with Gasteiger partial charge in [0.2, 0.25) is 5.91 Å². The third-order valence-electron chi connectivity index (χ3n) is 5.15. The summed E-state index contributed by atoms with van der Waals surface area (Å²) in [5, 5.41) is 0.965. The fourth-order valence-corrected chi connectivity index (χ4v) is 3.82. The zero-order valence-corrected chi connectivity index (χ0v) is 17.0. The summed E-state index contributed by atoms with van der Waals surface area (Å²) in [6, 6.07) is 13.1. The maximum atomic E-state index is 13.0. The van der Waals surface area contributed by atoms with Gasteiger partial charge in [0.25, 0.3) is 0 Å². The number of benzene rings is 2. The van der Waals surface area contributed by atoms with Gasteiger partial charge in [-0.15, -0.1) is 0 Å². The highest BCUT2D eigenvalue weighted by atomic mass is 35.5. The number of nitrogen functional groups attached to an aromatic ring is 1. The van der Waals surface area contributed by atoms with Gasteiger partial charge in [-0.1, -0.05) is 41.4 Å². The maximum Gasteiger partial charge on any atom is 0.227 e. The second-order valence-electron chi connectivity index (χ2n) is 7.12. The second kappa shape index (κ2) is 8.96. The van der Waals surface area contributed by atoms with Crippen LogP contribution in [-0.2, 0) is 11.2 Å². The van der Waals surface area contributed by atoms with Crippen LogP contribution in [0.5, 0.6) is 0 Å². The van der Waals surface area contributed by atoms with Crippen molar-refractivity contribution in [1.82, 2.24) is 9.80 Å². The van der Waals surface area contributed by atoms with E-state index < -0.39 is 0 Å². The fraction of sp³-hybridized carbons (Fsp3) is 0.381. The summed E-state index contributed by atoms with van der Waals surface area (Å²) in [6.07, 6.45) is 2.73. The third kappa shape index (κ3) is 5.16. The minimum Gasteiger partial charge on any atom is -0.399 e. The summed E-state index contributed by atoms with van der Waals surface area (Å²) in [7, 11) is 1.87. The molecule has 1 aliphatic heterocycles. The number of rotatable bonds is 6. The molecule has 0 bridgehead atoms. The van der Waals surface area contributed by atoms with Crippen LogP contribution in [0.2, 0.25) is 10.0 Å². The van der Waals surface area contributed by atoms with Crippen molar-refractivity contribution in [2.75, 3.05) is 32.4 Å². The molecule has 27 heavy (non-hydrogen) atoms. The second-order valence-corrected chi connectivity index (χ2v) is 7.93. The van der Waals surface area contributed by atoms with E-state index in [4.69, 9.17) is 28.9 Å². The Kier molecular flexibility index (Phi) is 6.64. The smallest absolute Gasteiger partial charge is 0.227 e. The standard InChI is InChI=1S/C21H25Cl2N3O/c1-25(21(27)13-15-4-9-18(22)19(23)12-15)20(14-26-10-2-3-11-26)16-5-7-17(24)8-6-16/h4-9,12,20H,2-3,10-11,13-14,24H2,1H3/t20-/m1/s1. The molecule has 144 valence electrons. The molecule has 1 atom stereocenters. The lowest BCUT2D eigenvalue weighted by atomic mass is 10.0. The average molecular weight is 406 g/mol. The number of carbonyl (C=O) groups is 1. The number of nitrogens with two attached hydrogens (primary N) is 1. The van der Waals surface area contributed by atoms with E-state index in [0.717, 1.165) is 36.4 Å². The van der Waals surface area contributed by atoms with Crippen molar-refractivity contribution in [2.45, 2.75) is 25.3 Å². The quantitative estimate of drug-likeness (QED) is 0.723. The molecule has 6 heteroatoms. The number of amides is 1. The SMILES string of the molecule is CN(C(=O)Cc1ccc(Cl)c(Cl)c1)[C@H](CN1CCCC1)c1ccc(N)cc1. The summed E-state index contributed by atoms with van der Waals surface area (Å²) in [4.78, 5) is 17.2. The van der Waals surface area contributed by atoms with Crippen molar-refractivity contribution in [3.05, 3.63) is 63.6 Å². The Bertz CT molecular complexity index is 789. The molecule has 2 aromatic carbocycles. The number of halogens is 2. The van der Waals surface area contributed by atoms with Crippen LogP contribution in [0.15, 0.2) is 42.5 Å². The molecule has 0 unspecified atom stereocenters. The Balaban J connectivity index is 1.77. The molecule has 0 radical (unpaired) electrons. The van der Waals surface area contributed by atoms with E-state index in [9.17, 15) is 4.79 Å². The normalized spacial score (nSPS) is 15.7. The predicted molar refractivity (Wildman–Crippen MR) is 112 cm³/mol. The number of anilines is 1. The summed E-state index contributed by atoms with van der Waals surface area (Å²) >= 11 is 12.1. The Morgan fingerprint density at radius 2 is 1.78 bits per heavy atom. The van der Waals surface area contributed by atoms with Gasteiger partial charge < -0.3 is 15.5 Å². The number of likely N-dealkylation sites (tertiary alicyclic amines) is 1. The number of nitrogens with zero attached hydrogens (tertiary/aromatic N) is 2. The zero-order valence-electron chi connectivity index (χ0n) is 15.5. The Morgan fingerprint density at radius 1 is 1.11 bits per heavy atom. The Morgan fingerprint density at radius 3 is 2.41 bits per heavy atom. The molecule has 2 aromatic rings. The first kappa shape index (κ1) is 20.0. The molecule has 1 saturated heterocycles. The highest BCUT2D eigenvalue weighted by Gasteiger charge is 2.25. The lowest BCUT2D eigenvalue weighted by Gasteiger charge is -2.32. The van der Waals surface area contributed by atoms with Crippen molar-refractivity contribution >= 4 is 34.8 Å². The zero-order chi connectivity index (χ0) is 19.4. The first-order valence-electron chi connectivity index (χ1n) is 9.21. The molecule has 1 aliphatic rings. The Labute approximate surface area is 170 Å². The van der Waals surface area contributed by atoms with Crippen molar-refractivity contribution in [3.63, 3.8) is 0 Å². The van der Waals surface area contributed by atoms with Gasteiger partial charge in [-0.3, -0.25) is 4.79 Å². The molecule has 1 heterocycles. The summed E-state index contributed by atoms with van der Waals surface area (Å²) < 4.78 is 0. The van der Waals surface area contributed by atoms with Gasteiger partial charge in [-0.05, 0) is 61.3 Å². The van der Waals surface area contributed by atoms with Crippen molar-refractivity contribution in [1.29, 1.82) is 0 Å². The van der Waals surface area contributed by atoms with Crippen LogP contribution in [-0.4, -0.2) is 42.4 Å². The third-order valence-corrected chi connectivity index (χ3v) is 5.89. The minimum atomic E-state index is -0.0148. The number of likely N-dealkylation sites (N-methyl/N-ethyl adjacent to an activating group) is 1. The van der Waals surface area contributed by atoms with E-state index in [0.29, 0.717) is 16.5 Å². The van der Waals surface area contributed by atoms with Crippen LogP contribution in [0.1, 0.15) is 30.0 Å². The maximum absolute atomic E-state index is 13.0. The van der Waals surface area contributed by atoms with Crippen molar-refractivity contribution < 1.29 is 4.79 Å². The minimum absolute atomic E-state index is 0.0148. The monoisotopic (exact) mass is 405 g/mol. The van der Waals surface area contributed by atoms with E-state index in [1.807, 2.05) is 42.3 Å². The van der Waals surface area contributed by atoms with Gasteiger partial charge in [-0.2, -0.15) is 0 Å². The molecule has 0 aromatic heterocycles. The molecule has 0 aliphatic carbocycles. The first-order chi connectivity index (χ1) is 12.9. The van der Waals surface area contributed by atoms with Gasteiger partial charge in [0.05, 0.1) is 22.5 Å². The first-order valence-corrected chi connectivity index (χ1v) is 9.97. The molecule has 1 fully saturated rings. The lowest BCUT2D eigenvalue weighted by Crippen LogP contribution is -2.39. The van der Waals surface area contributed by atoms with Crippen molar-refractivity contribution in [2.24, 2.45) is 0 Å². The van der Waals surface area contributed by atoms with Crippen LogP contribution >= 0.6 is 23.2 Å². The molecular formula is C21H25Cl2N3O. The van der Waals surface area contributed by atoms with Gasteiger partial charge in [0.15, 0.2) is 0 Å².